The summed E-state index contributed by atoms with van der Waals surface area (Å²) in [5, 5.41) is 3.12. The highest BCUT2D eigenvalue weighted by molar-refractivity contribution is 8.00. The van der Waals surface area contributed by atoms with Crippen LogP contribution in [-0.2, 0) is 21.4 Å². The number of para-hydroxylation sites is 2. The molecular weight excluding hydrogens is 376 g/mol. The Morgan fingerprint density at radius 2 is 2.04 bits per heavy atom. The number of esters is 1. The molecule has 0 aliphatic carbocycles. The molecule has 0 radical (unpaired) electrons. The number of anilines is 1. The van der Waals surface area contributed by atoms with Gasteiger partial charge in [-0.05, 0) is 45.4 Å². The number of amides is 1. The Morgan fingerprint density at radius 1 is 1.32 bits per heavy atom. The van der Waals surface area contributed by atoms with Crippen molar-refractivity contribution in [3.63, 3.8) is 0 Å². The maximum atomic E-state index is 12.9. The van der Waals surface area contributed by atoms with Crippen LogP contribution in [0.4, 0.5) is 5.95 Å². The number of aryl methyl sites for hydroxylation is 1. The Labute approximate surface area is 168 Å². The fraction of sp³-hybridized carbons (Fsp3) is 0.450. The minimum absolute atomic E-state index is 0.135. The smallest absolute Gasteiger partial charge is 0.355 e. The van der Waals surface area contributed by atoms with E-state index in [-0.39, 0.29) is 11.3 Å². The number of aromatic nitrogens is 2. The van der Waals surface area contributed by atoms with Gasteiger partial charge >= 0.3 is 5.97 Å². The number of nitrogens with one attached hydrogen (secondary N) is 1. The molecule has 2 aliphatic rings. The number of ether oxygens (including phenoxy) is 1. The van der Waals surface area contributed by atoms with Crippen molar-refractivity contribution in [3.8, 4) is 0 Å². The summed E-state index contributed by atoms with van der Waals surface area (Å²) in [4.78, 5) is 31.8. The molecule has 3 heterocycles. The van der Waals surface area contributed by atoms with E-state index >= 15 is 0 Å². The van der Waals surface area contributed by atoms with Gasteiger partial charge in [0.15, 0.2) is 0 Å². The third-order valence-corrected chi connectivity index (χ3v) is 6.25. The van der Waals surface area contributed by atoms with Gasteiger partial charge in [-0.3, -0.25) is 9.69 Å². The van der Waals surface area contributed by atoms with Crippen LogP contribution in [0.15, 0.2) is 35.5 Å². The number of β-lactam (4-membered cyclic amide) rings is 1. The molecule has 1 amide bonds. The number of rotatable bonds is 3. The molecule has 1 aromatic carbocycles. The lowest BCUT2D eigenvalue weighted by molar-refractivity contribution is -0.157. The van der Waals surface area contributed by atoms with Crippen LogP contribution in [0.2, 0.25) is 0 Å². The largest absolute Gasteiger partial charge is 0.455 e. The minimum Gasteiger partial charge on any atom is -0.455 e. The fourth-order valence-corrected chi connectivity index (χ4v) is 4.80. The number of hydrogen-bond acceptors (Lipinski definition) is 6. The van der Waals surface area contributed by atoms with E-state index in [2.05, 4.69) is 10.3 Å². The van der Waals surface area contributed by atoms with Crippen molar-refractivity contribution in [1.29, 1.82) is 0 Å². The van der Waals surface area contributed by atoms with Gasteiger partial charge in [-0.1, -0.05) is 12.1 Å². The quantitative estimate of drug-likeness (QED) is 0.631. The number of nitrogens with zero attached hydrogens (tertiary/aromatic N) is 3. The number of imidazole rings is 1. The van der Waals surface area contributed by atoms with Crippen LogP contribution in [0.5, 0.6) is 0 Å². The van der Waals surface area contributed by atoms with Crippen molar-refractivity contribution in [2.75, 3.05) is 11.1 Å². The van der Waals surface area contributed by atoms with Crippen molar-refractivity contribution < 1.29 is 14.3 Å². The van der Waals surface area contributed by atoms with Crippen molar-refractivity contribution in [2.24, 2.45) is 7.05 Å². The number of benzene rings is 1. The van der Waals surface area contributed by atoms with E-state index in [0.717, 1.165) is 16.6 Å². The number of fused-ring (bicyclic) bond motifs is 2. The fourth-order valence-electron chi connectivity index (χ4n) is 3.50. The topological polar surface area (TPSA) is 76.5 Å². The van der Waals surface area contributed by atoms with Gasteiger partial charge in [-0.25, -0.2) is 9.78 Å². The first-order chi connectivity index (χ1) is 13.2. The first-order valence-electron chi connectivity index (χ1n) is 9.23. The molecule has 2 atom stereocenters. The third kappa shape index (κ3) is 3.05. The maximum Gasteiger partial charge on any atom is 0.355 e. The first-order valence-corrected chi connectivity index (χ1v) is 10.3. The van der Waals surface area contributed by atoms with E-state index in [9.17, 15) is 9.59 Å². The molecule has 148 valence electrons. The SMILES string of the molecule is CC1=C(C(=O)OC(C)(C)C)N2C(=O)C(Nc3nc4ccccc4n3C)[C@@H]2SC1. The van der Waals surface area contributed by atoms with Gasteiger partial charge in [-0.15, -0.1) is 11.8 Å². The van der Waals surface area contributed by atoms with E-state index in [1.54, 1.807) is 16.7 Å². The predicted molar refractivity (Wildman–Crippen MR) is 110 cm³/mol. The maximum absolute atomic E-state index is 12.9. The van der Waals surface area contributed by atoms with Crippen LogP contribution in [0.3, 0.4) is 0 Å². The Kier molecular flexibility index (Phi) is 4.41. The molecule has 8 heteroatoms. The van der Waals surface area contributed by atoms with Crippen molar-refractivity contribution in [2.45, 2.75) is 44.7 Å². The van der Waals surface area contributed by atoms with Crippen LogP contribution in [0, 0.1) is 0 Å². The molecule has 2 aliphatic heterocycles. The zero-order chi connectivity index (χ0) is 20.2. The molecule has 0 saturated carbocycles. The summed E-state index contributed by atoms with van der Waals surface area (Å²) >= 11 is 1.64. The number of thioether (sulfide) groups is 1. The first kappa shape index (κ1) is 18.9. The lowest BCUT2D eigenvalue weighted by Gasteiger charge is -2.49. The summed E-state index contributed by atoms with van der Waals surface area (Å²) in [7, 11) is 1.92. The Hall–Kier alpha value is -2.48. The summed E-state index contributed by atoms with van der Waals surface area (Å²) < 4.78 is 7.46. The molecule has 28 heavy (non-hydrogen) atoms. The van der Waals surface area contributed by atoms with Crippen molar-refractivity contribution >= 4 is 40.6 Å². The van der Waals surface area contributed by atoms with Crippen LogP contribution in [0.1, 0.15) is 27.7 Å². The third-order valence-electron chi connectivity index (χ3n) is 4.82. The van der Waals surface area contributed by atoms with Crippen LogP contribution in [-0.4, -0.2) is 49.1 Å². The molecule has 1 aromatic heterocycles. The normalized spacial score (nSPS) is 22.2. The highest BCUT2D eigenvalue weighted by Gasteiger charge is 2.54. The summed E-state index contributed by atoms with van der Waals surface area (Å²) in [6, 6.07) is 7.41. The molecule has 2 aromatic rings. The average Bonchev–Trinajstić information content (AvgIpc) is 2.94. The Bertz CT molecular complexity index is 1000. The second-order valence-corrected chi connectivity index (χ2v) is 9.25. The summed E-state index contributed by atoms with van der Waals surface area (Å²) in [5.41, 5.74) is 2.51. The van der Waals surface area contributed by atoms with Crippen molar-refractivity contribution in [1.82, 2.24) is 14.5 Å². The molecule has 0 bridgehead atoms. The highest BCUT2D eigenvalue weighted by atomic mass is 32.2. The lowest BCUT2D eigenvalue weighted by atomic mass is 10.0. The van der Waals surface area contributed by atoms with Gasteiger partial charge in [0.2, 0.25) is 5.95 Å². The minimum atomic E-state index is -0.608. The predicted octanol–water partition coefficient (Wildman–Crippen LogP) is 2.88. The Morgan fingerprint density at radius 3 is 2.71 bits per heavy atom. The van der Waals surface area contributed by atoms with Gasteiger partial charge in [-0.2, -0.15) is 0 Å². The van der Waals surface area contributed by atoms with Crippen LogP contribution >= 0.6 is 11.8 Å². The highest BCUT2D eigenvalue weighted by Crippen LogP contribution is 2.42. The molecule has 1 N–H and O–H groups in total. The standard InChI is InChI=1S/C20H24N4O3S/c1-11-10-28-17-14(16(25)24(17)15(11)18(26)27-20(2,3)4)22-19-21-12-8-6-7-9-13(12)23(19)5/h6-9,14,17H,10H2,1-5H3,(H,21,22)/t14?,17-/m0/s1. The van der Waals surface area contributed by atoms with E-state index in [1.807, 2.05) is 63.6 Å². The second kappa shape index (κ2) is 6.55. The van der Waals surface area contributed by atoms with Gasteiger partial charge in [0.05, 0.1) is 11.0 Å². The summed E-state index contributed by atoms with van der Waals surface area (Å²) in [5.74, 6) is 0.753. The molecule has 1 saturated heterocycles. The number of hydrogen-bond donors (Lipinski definition) is 1. The van der Waals surface area contributed by atoms with E-state index in [0.29, 0.717) is 17.4 Å². The van der Waals surface area contributed by atoms with E-state index < -0.39 is 17.6 Å². The molecule has 1 unspecified atom stereocenters. The summed E-state index contributed by atoms with van der Waals surface area (Å²) in [6.07, 6.45) is 0. The molecule has 7 nitrogen and oxygen atoms in total. The average molecular weight is 401 g/mol. The van der Waals surface area contributed by atoms with Gasteiger partial charge in [0.25, 0.3) is 5.91 Å². The van der Waals surface area contributed by atoms with Crippen LogP contribution in [0.25, 0.3) is 11.0 Å². The van der Waals surface area contributed by atoms with Crippen molar-refractivity contribution in [3.05, 3.63) is 35.5 Å². The molecule has 4 rings (SSSR count). The zero-order valence-electron chi connectivity index (χ0n) is 16.6. The van der Waals surface area contributed by atoms with Crippen LogP contribution < -0.4 is 5.32 Å². The summed E-state index contributed by atoms with van der Waals surface area (Å²) in [6.45, 7) is 7.35. The van der Waals surface area contributed by atoms with Gasteiger partial charge < -0.3 is 14.6 Å². The van der Waals surface area contributed by atoms with Gasteiger partial charge in [0, 0.05) is 12.8 Å². The Balaban J connectivity index is 1.57. The number of carbonyl (C=O) groups excluding carboxylic acids is 2. The molecule has 1 fully saturated rings. The lowest BCUT2D eigenvalue weighted by Crippen LogP contribution is -2.67. The van der Waals surface area contributed by atoms with Gasteiger partial charge in [0.1, 0.15) is 22.7 Å². The number of carbonyl (C=O) groups is 2. The monoisotopic (exact) mass is 400 g/mol. The zero-order valence-corrected chi connectivity index (χ0v) is 17.5. The molecule has 0 spiro atoms. The molecular formula is C20H24N4O3S. The van der Waals surface area contributed by atoms with E-state index in [4.69, 9.17) is 4.74 Å². The van der Waals surface area contributed by atoms with E-state index in [1.165, 1.54) is 0 Å². The second-order valence-electron chi connectivity index (χ2n) is 8.15.